The van der Waals surface area contributed by atoms with Gasteiger partial charge in [-0.25, -0.2) is 0 Å². The first-order chi connectivity index (χ1) is 10.8. The van der Waals surface area contributed by atoms with Crippen LogP contribution in [0.25, 0.3) is 5.57 Å². The van der Waals surface area contributed by atoms with Crippen LogP contribution >= 0.6 is 38.5 Å². The molecule has 2 rings (SSSR count). The van der Waals surface area contributed by atoms with Crippen LogP contribution in [0.2, 0.25) is 0 Å². The predicted molar refractivity (Wildman–Crippen MR) is 84.9 cm³/mol. The second-order valence-corrected chi connectivity index (χ2v) is 5.88. The summed E-state index contributed by atoms with van der Waals surface area (Å²) in [6.07, 6.45) is -3.46. The zero-order chi connectivity index (χ0) is 17.0. The quantitative estimate of drug-likeness (QED) is 0.493. The molecule has 0 fully saturated rings. The van der Waals surface area contributed by atoms with E-state index in [0.717, 1.165) is 6.07 Å². The molecule has 0 aliphatic heterocycles. The van der Waals surface area contributed by atoms with E-state index >= 15 is 0 Å². The van der Waals surface area contributed by atoms with Crippen molar-refractivity contribution in [1.82, 2.24) is 20.6 Å². The smallest absolute Gasteiger partial charge is 0.406 e. The van der Waals surface area contributed by atoms with E-state index in [1.54, 1.807) is 0 Å². The Morgan fingerprint density at radius 1 is 1.48 bits per heavy atom. The molecule has 0 atom stereocenters. The molecule has 120 valence electrons. The van der Waals surface area contributed by atoms with E-state index in [-0.39, 0.29) is 17.1 Å². The van der Waals surface area contributed by atoms with Crippen molar-refractivity contribution < 1.29 is 17.9 Å². The maximum atomic E-state index is 12.2. The van der Waals surface area contributed by atoms with Gasteiger partial charge in [-0.1, -0.05) is 0 Å². The molecule has 0 aliphatic rings. The Hall–Kier alpha value is -1.88. The number of halogens is 5. The van der Waals surface area contributed by atoms with E-state index in [4.69, 9.17) is 5.26 Å². The van der Waals surface area contributed by atoms with Crippen LogP contribution in [-0.4, -0.2) is 27.0 Å². The van der Waals surface area contributed by atoms with Gasteiger partial charge in [0.15, 0.2) is 0 Å². The zero-order valence-corrected chi connectivity index (χ0v) is 14.6. The molecule has 23 heavy (non-hydrogen) atoms. The fourth-order valence-electron chi connectivity index (χ4n) is 1.45. The van der Waals surface area contributed by atoms with Crippen molar-refractivity contribution in [2.45, 2.75) is 6.36 Å². The van der Waals surface area contributed by atoms with Crippen LogP contribution < -0.4 is 10.1 Å². The molecule has 0 unspecified atom stereocenters. The molecule has 0 amide bonds. The fraction of sp³-hybridized carbons (Fsp3) is 0.0909. The summed E-state index contributed by atoms with van der Waals surface area (Å²) in [5.41, 5.74) is 0.549. The Morgan fingerprint density at radius 2 is 2.22 bits per heavy atom. The molecule has 0 saturated heterocycles. The SMILES string of the molecule is N#CC(=CNc1c(Br)cc(OC(F)(F)F)cc1I)c1nn[nH]n1. The number of nitriles is 1. The molecule has 2 aromatic rings. The zero-order valence-electron chi connectivity index (χ0n) is 10.8. The number of allylic oxidation sites excluding steroid dienone is 1. The average Bonchev–Trinajstić information content (AvgIpc) is 2.94. The minimum atomic E-state index is -4.77. The Kier molecular flexibility index (Phi) is 5.42. The van der Waals surface area contributed by atoms with Gasteiger partial charge in [-0.05, 0) is 55.9 Å². The molecule has 2 N–H and O–H groups in total. The second-order valence-electron chi connectivity index (χ2n) is 3.86. The van der Waals surface area contributed by atoms with Crippen molar-refractivity contribution in [3.05, 3.63) is 32.2 Å². The number of aromatic nitrogens is 4. The minimum absolute atomic E-state index is 0.0863. The Morgan fingerprint density at radius 3 is 2.74 bits per heavy atom. The molecule has 1 aromatic heterocycles. The van der Waals surface area contributed by atoms with Gasteiger partial charge < -0.3 is 10.1 Å². The van der Waals surface area contributed by atoms with Crippen molar-refractivity contribution >= 4 is 49.8 Å². The number of nitrogens with one attached hydrogen (secondary N) is 2. The second kappa shape index (κ2) is 7.13. The van der Waals surface area contributed by atoms with Crippen LogP contribution in [0, 0.1) is 14.9 Å². The van der Waals surface area contributed by atoms with Crippen LogP contribution in [0.1, 0.15) is 5.82 Å². The molecule has 1 aromatic carbocycles. The lowest BCUT2D eigenvalue weighted by Gasteiger charge is -2.13. The molecule has 0 radical (unpaired) electrons. The van der Waals surface area contributed by atoms with Gasteiger partial charge in [-0.2, -0.15) is 10.5 Å². The first-order valence-corrected chi connectivity index (χ1v) is 7.52. The molecular weight excluding hydrogens is 496 g/mol. The van der Waals surface area contributed by atoms with Gasteiger partial charge >= 0.3 is 6.36 Å². The molecule has 7 nitrogen and oxygen atoms in total. The number of tetrazole rings is 1. The summed E-state index contributed by atoms with van der Waals surface area (Å²) in [4.78, 5) is 0. The molecule has 12 heteroatoms. The first-order valence-electron chi connectivity index (χ1n) is 5.65. The monoisotopic (exact) mass is 500 g/mol. The number of benzene rings is 1. The van der Waals surface area contributed by atoms with Gasteiger partial charge in [0.1, 0.15) is 17.4 Å². The number of nitrogens with zero attached hydrogens (tertiary/aromatic N) is 4. The molecule has 0 saturated carbocycles. The molecule has 1 heterocycles. The summed E-state index contributed by atoms with van der Waals surface area (Å²) in [7, 11) is 0. The first kappa shape index (κ1) is 17.5. The van der Waals surface area contributed by atoms with Crippen molar-refractivity contribution in [2.24, 2.45) is 0 Å². The summed E-state index contributed by atoms with van der Waals surface area (Å²) >= 11 is 4.98. The highest BCUT2D eigenvalue weighted by Gasteiger charge is 2.31. The number of aromatic amines is 1. The summed E-state index contributed by atoms with van der Waals surface area (Å²) in [5.74, 6) is -0.273. The van der Waals surface area contributed by atoms with Crippen molar-refractivity contribution in [3.63, 3.8) is 0 Å². The van der Waals surface area contributed by atoms with Gasteiger partial charge in [0.25, 0.3) is 0 Å². The standard InChI is InChI=1S/C11H5BrF3IN6O/c12-7-1-6(23-11(13,14)15)2-8(16)9(7)18-4-5(3-17)10-19-21-22-20-10/h1-2,4,18H,(H,19,20,21,22). The van der Waals surface area contributed by atoms with E-state index in [9.17, 15) is 13.2 Å². The van der Waals surface area contributed by atoms with E-state index in [2.05, 4.69) is 46.6 Å². The Labute approximate surface area is 149 Å². The fourth-order valence-corrected chi connectivity index (χ4v) is 3.12. The largest absolute Gasteiger partial charge is 0.573 e. The highest BCUT2D eigenvalue weighted by molar-refractivity contribution is 14.1. The number of rotatable bonds is 4. The molecule has 0 aliphatic carbocycles. The van der Waals surface area contributed by atoms with Gasteiger partial charge in [0.2, 0.25) is 5.82 Å². The van der Waals surface area contributed by atoms with Crippen molar-refractivity contribution in [1.29, 1.82) is 5.26 Å². The molecule has 0 bridgehead atoms. The van der Waals surface area contributed by atoms with E-state index in [1.165, 1.54) is 12.3 Å². The minimum Gasteiger partial charge on any atom is -0.406 e. The van der Waals surface area contributed by atoms with E-state index in [1.807, 2.05) is 28.7 Å². The number of ether oxygens (including phenoxy) is 1. The number of hydrogen-bond acceptors (Lipinski definition) is 6. The van der Waals surface area contributed by atoms with Crippen LogP contribution in [0.3, 0.4) is 0 Å². The van der Waals surface area contributed by atoms with Crippen LogP contribution in [-0.2, 0) is 0 Å². The normalized spacial score (nSPS) is 11.9. The maximum Gasteiger partial charge on any atom is 0.573 e. The highest BCUT2D eigenvalue weighted by atomic mass is 127. The van der Waals surface area contributed by atoms with E-state index in [0.29, 0.717) is 13.7 Å². The Balaban J connectivity index is 2.26. The highest BCUT2D eigenvalue weighted by Crippen LogP contribution is 2.35. The van der Waals surface area contributed by atoms with Crippen LogP contribution in [0.5, 0.6) is 5.75 Å². The van der Waals surface area contributed by atoms with Gasteiger partial charge in [-0.3, -0.25) is 0 Å². The lowest BCUT2D eigenvalue weighted by molar-refractivity contribution is -0.274. The topological polar surface area (TPSA) is 99.5 Å². The summed E-state index contributed by atoms with van der Waals surface area (Å²) < 4.78 is 41.3. The molecule has 0 spiro atoms. The third-order valence-electron chi connectivity index (χ3n) is 2.32. The number of hydrogen-bond donors (Lipinski definition) is 2. The lowest BCUT2D eigenvalue weighted by Crippen LogP contribution is -2.17. The van der Waals surface area contributed by atoms with Crippen molar-refractivity contribution in [2.75, 3.05) is 5.32 Å². The van der Waals surface area contributed by atoms with Gasteiger partial charge in [0.05, 0.1) is 5.69 Å². The number of H-pyrrole nitrogens is 1. The third-order valence-corrected chi connectivity index (χ3v) is 3.79. The lowest BCUT2D eigenvalue weighted by atomic mass is 10.2. The average molecular weight is 501 g/mol. The van der Waals surface area contributed by atoms with Gasteiger partial charge in [0, 0.05) is 14.2 Å². The summed E-state index contributed by atoms with van der Waals surface area (Å²) in [6, 6.07) is 4.24. The number of anilines is 1. The van der Waals surface area contributed by atoms with Crippen molar-refractivity contribution in [3.8, 4) is 11.8 Å². The van der Waals surface area contributed by atoms with Crippen LogP contribution in [0.15, 0.2) is 22.8 Å². The van der Waals surface area contributed by atoms with Crippen LogP contribution in [0.4, 0.5) is 18.9 Å². The van der Waals surface area contributed by atoms with Gasteiger partial charge in [-0.15, -0.1) is 23.4 Å². The predicted octanol–water partition coefficient (Wildman–Crippen LogP) is 3.44. The summed E-state index contributed by atoms with van der Waals surface area (Å²) in [5, 5.41) is 24.7. The summed E-state index contributed by atoms with van der Waals surface area (Å²) in [6.45, 7) is 0. The Bertz CT molecular complexity index is 748. The molecular formula is C11H5BrF3IN6O. The third kappa shape index (κ3) is 4.79. The number of alkyl halides is 3. The van der Waals surface area contributed by atoms with E-state index < -0.39 is 6.36 Å². The maximum absolute atomic E-state index is 12.2.